The minimum Gasteiger partial charge on any atom is -0.376 e. The number of benzene rings is 1. The highest BCUT2D eigenvalue weighted by Gasteiger charge is 2.22. The first-order chi connectivity index (χ1) is 10.1. The van der Waals surface area contributed by atoms with Crippen LogP contribution in [0.5, 0.6) is 0 Å². The van der Waals surface area contributed by atoms with Crippen LogP contribution in [-0.2, 0) is 4.79 Å². The van der Waals surface area contributed by atoms with Crippen LogP contribution in [0.15, 0.2) is 24.3 Å². The van der Waals surface area contributed by atoms with Gasteiger partial charge in [-0.15, -0.1) is 0 Å². The third-order valence-corrected chi connectivity index (χ3v) is 4.20. The minimum atomic E-state index is -0.00731. The lowest BCUT2D eigenvalue weighted by atomic mass is 9.86. The summed E-state index contributed by atoms with van der Waals surface area (Å²) in [6.07, 6.45) is 4.70. The second kappa shape index (κ2) is 7.25. The van der Waals surface area contributed by atoms with E-state index in [1.807, 2.05) is 18.2 Å². The summed E-state index contributed by atoms with van der Waals surface area (Å²) in [5.74, 6) is 0.540. The Kier molecular flexibility index (Phi) is 5.37. The zero-order valence-electron chi connectivity index (χ0n) is 12.8. The van der Waals surface area contributed by atoms with Crippen LogP contribution in [-0.4, -0.2) is 24.3 Å². The van der Waals surface area contributed by atoms with Gasteiger partial charge in [0.05, 0.1) is 6.54 Å². The maximum absolute atomic E-state index is 12.1. The number of amides is 1. The number of rotatable bonds is 5. The Morgan fingerprint density at radius 1 is 1.19 bits per heavy atom. The van der Waals surface area contributed by atoms with Gasteiger partial charge < -0.3 is 10.6 Å². The minimum absolute atomic E-state index is 0.000545. The van der Waals surface area contributed by atoms with Crippen molar-refractivity contribution in [3.05, 3.63) is 29.8 Å². The number of Topliss-reactive ketones (excluding diaryl/α,β-unsaturated/α-hetero) is 1. The molecule has 0 aliphatic heterocycles. The van der Waals surface area contributed by atoms with E-state index in [9.17, 15) is 9.59 Å². The van der Waals surface area contributed by atoms with Gasteiger partial charge in [0, 0.05) is 17.3 Å². The molecule has 114 valence electrons. The standard InChI is InChI=1S/C17H24N2O2/c1-12-7-3-5-9-15(12)19-17(21)11-18-16-10-6-4-8-14(16)13(2)20/h4,6,8,10,12,15,18H,3,5,7,9,11H2,1-2H3,(H,19,21)/t12-,15+/m1/s1. The maximum atomic E-state index is 12.1. The van der Waals surface area contributed by atoms with Crippen LogP contribution in [0.25, 0.3) is 0 Å². The second-order valence-corrected chi connectivity index (χ2v) is 5.89. The molecule has 1 fully saturated rings. The first-order valence-corrected chi connectivity index (χ1v) is 7.71. The van der Waals surface area contributed by atoms with E-state index in [0.717, 1.165) is 12.1 Å². The number of ketones is 1. The summed E-state index contributed by atoms with van der Waals surface area (Å²) in [6, 6.07) is 7.57. The molecule has 4 nitrogen and oxygen atoms in total. The fourth-order valence-electron chi connectivity index (χ4n) is 2.91. The largest absolute Gasteiger partial charge is 0.376 e. The van der Waals surface area contributed by atoms with E-state index in [4.69, 9.17) is 0 Å². The fraction of sp³-hybridized carbons (Fsp3) is 0.529. The van der Waals surface area contributed by atoms with E-state index < -0.39 is 0 Å². The molecule has 0 radical (unpaired) electrons. The van der Waals surface area contributed by atoms with E-state index in [1.54, 1.807) is 6.07 Å². The highest BCUT2D eigenvalue weighted by atomic mass is 16.2. The lowest BCUT2D eigenvalue weighted by Gasteiger charge is -2.29. The molecule has 1 aromatic rings. The van der Waals surface area contributed by atoms with Crippen LogP contribution in [0.4, 0.5) is 5.69 Å². The van der Waals surface area contributed by atoms with Gasteiger partial charge in [-0.25, -0.2) is 0 Å². The van der Waals surface area contributed by atoms with Crippen molar-refractivity contribution in [3.63, 3.8) is 0 Å². The molecule has 1 amide bonds. The smallest absolute Gasteiger partial charge is 0.239 e. The summed E-state index contributed by atoms with van der Waals surface area (Å²) < 4.78 is 0. The lowest BCUT2D eigenvalue weighted by molar-refractivity contribution is -0.120. The number of para-hydroxylation sites is 1. The lowest BCUT2D eigenvalue weighted by Crippen LogP contribution is -2.43. The molecule has 0 saturated heterocycles. The topological polar surface area (TPSA) is 58.2 Å². The summed E-state index contributed by atoms with van der Waals surface area (Å²) in [6.45, 7) is 3.93. The average Bonchev–Trinajstić information content (AvgIpc) is 2.48. The summed E-state index contributed by atoms with van der Waals surface area (Å²) >= 11 is 0. The Labute approximate surface area is 126 Å². The summed E-state index contributed by atoms with van der Waals surface area (Å²) in [7, 11) is 0. The van der Waals surface area contributed by atoms with E-state index in [-0.39, 0.29) is 24.3 Å². The van der Waals surface area contributed by atoms with Crippen molar-refractivity contribution in [1.82, 2.24) is 5.32 Å². The quantitative estimate of drug-likeness (QED) is 0.819. The Bertz CT molecular complexity index is 513. The molecule has 1 aliphatic rings. The Balaban J connectivity index is 1.88. The molecular weight excluding hydrogens is 264 g/mol. The van der Waals surface area contributed by atoms with E-state index in [2.05, 4.69) is 17.6 Å². The number of hydrogen-bond donors (Lipinski definition) is 2. The van der Waals surface area contributed by atoms with Crippen molar-refractivity contribution in [2.24, 2.45) is 5.92 Å². The number of nitrogens with one attached hydrogen (secondary N) is 2. The van der Waals surface area contributed by atoms with Gasteiger partial charge in [-0.05, 0) is 37.8 Å². The van der Waals surface area contributed by atoms with E-state index in [1.165, 1.54) is 26.2 Å². The predicted octanol–water partition coefficient (Wildman–Crippen LogP) is 3.00. The van der Waals surface area contributed by atoms with E-state index in [0.29, 0.717) is 11.5 Å². The number of anilines is 1. The third-order valence-electron chi connectivity index (χ3n) is 4.20. The molecule has 0 bridgehead atoms. The summed E-state index contributed by atoms with van der Waals surface area (Å²) in [5, 5.41) is 6.17. The average molecular weight is 288 g/mol. The molecule has 0 heterocycles. The normalized spacial score (nSPS) is 21.6. The molecule has 0 unspecified atom stereocenters. The Morgan fingerprint density at radius 3 is 2.62 bits per heavy atom. The van der Waals surface area contributed by atoms with Gasteiger partial charge in [0.25, 0.3) is 0 Å². The zero-order valence-corrected chi connectivity index (χ0v) is 12.8. The second-order valence-electron chi connectivity index (χ2n) is 5.89. The zero-order chi connectivity index (χ0) is 15.2. The first-order valence-electron chi connectivity index (χ1n) is 7.71. The molecule has 0 spiro atoms. The van der Waals surface area contributed by atoms with Crippen LogP contribution >= 0.6 is 0 Å². The monoisotopic (exact) mass is 288 g/mol. The van der Waals surface area contributed by atoms with E-state index >= 15 is 0 Å². The van der Waals surface area contributed by atoms with Gasteiger partial charge in [-0.2, -0.15) is 0 Å². The van der Waals surface area contributed by atoms with Gasteiger partial charge in [0.1, 0.15) is 0 Å². The van der Waals surface area contributed by atoms with Crippen molar-refractivity contribution >= 4 is 17.4 Å². The predicted molar refractivity (Wildman–Crippen MR) is 84.5 cm³/mol. The highest BCUT2D eigenvalue weighted by molar-refractivity contribution is 6.00. The fourth-order valence-corrected chi connectivity index (χ4v) is 2.91. The molecule has 2 atom stereocenters. The molecule has 1 aromatic carbocycles. The molecule has 21 heavy (non-hydrogen) atoms. The summed E-state index contributed by atoms with van der Waals surface area (Å²) in [5.41, 5.74) is 1.34. The highest BCUT2D eigenvalue weighted by Crippen LogP contribution is 2.23. The van der Waals surface area contributed by atoms with Gasteiger partial charge in [0.2, 0.25) is 5.91 Å². The van der Waals surface area contributed by atoms with Crippen LogP contribution in [0.2, 0.25) is 0 Å². The third kappa shape index (κ3) is 4.31. The SMILES string of the molecule is CC(=O)c1ccccc1NCC(=O)N[C@H]1CCCC[C@H]1C. The number of carbonyl (C=O) groups excluding carboxylic acids is 2. The van der Waals surface area contributed by atoms with Crippen LogP contribution in [0.1, 0.15) is 49.9 Å². The molecule has 4 heteroatoms. The van der Waals surface area contributed by atoms with Crippen molar-refractivity contribution in [1.29, 1.82) is 0 Å². The van der Waals surface area contributed by atoms with Crippen molar-refractivity contribution in [2.45, 2.75) is 45.6 Å². The van der Waals surface area contributed by atoms with Crippen LogP contribution < -0.4 is 10.6 Å². The van der Waals surface area contributed by atoms with Crippen LogP contribution in [0, 0.1) is 5.92 Å². The number of carbonyl (C=O) groups is 2. The maximum Gasteiger partial charge on any atom is 0.239 e. The van der Waals surface area contributed by atoms with Crippen molar-refractivity contribution < 1.29 is 9.59 Å². The Hall–Kier alpha value is -1.84. The molecule has 2 rings (SSSR count). The first kappa shape index (κ1) is 15.5. The van der Waals surface area contributed by atoms with Gasteiger partial charge in [-0.3, -0.25) is 9.59 Å². The van der Waals surface area contributed by atoms with Crippen molar-refractivity contribution in [3.8, 4) is 0 Å². The van der Waals surface area contributed by atoms with Gasteiger partial charge in [-0.1, -0.05) is 31.9 Å². The molecular formula is C17H24N2O2. The molecule has 1 aliphatic carbocycles. The molecule has 1 saturated carbocycles. The molecule has 0 aromatic heterocycles. The summed E-state index contributed by atoms with van der Waals surface area (Å²) in [4.78, 5) is 23.6. The number of hydrogen-bond acceptors (Lipinski definition) is 3. The molecule has 2 N–H and O–H groups in total. The van der Waals surface area contributed by atoms with Gasteiger partial charge in [0.15, 0.2) is 5.78 Å². The van der Waals surface area contributed by atoms with Crippen LogP contribution in [0.3, 0.4) is 0 Å². The van der Waals surface area contributed by atoms with Crippen molar-refractivity contribution in [2.75, 3.05) is 11.9 Å². The van der Waals surface area contributed by atoms with Gasteiger partial charge >= 0.3 is 0 Å². The Morgan fingerprint density at radius 2 is 1.90 bits per heavy atom.